The van der Waals surface area contributed by atoms with Crippen LogP contribution in [0.25, 0.3) is 5.57 Å². The van der Waals surface area contributed by atoms with Gasteiger partial charge in [-0.2, -0.15) is 0 Å². The van der Waals surface area contributed by atoms with E-state index in [1.54, 1.807) is 0 Å². The Labute approximate surface area is 104 Å². The fourth-order valence-electron chi connectivity index (χ4n) is 1.77. The molecule has 0 heterocycles. The molecule has 2 nitrogen and oxygen atoms in total. The van der Waals surface area contributed by atoms with Gasteiger partial charge in [0.15, 0.2) is 0 Å². The molecule has 1 rings (SSSR count). The summed E-state index contributed by atoms with van der Waals surface area (Å²) in [6.07, 6.45) is 0. The molecular weight excluding hydrogens is 208 g/mol. The number of nitrogens with two attached hydrogens (primary N) is 1. The van der Waals surface area contributed by atoms with E-state index in [4.69, 9.17) is 5.73 Å². The number of aryl methyl sites for hydroxylation is 1. The first kappa shape index (κ1) is 13.2. The van der Waals surface area contributed by atoms with Crippen molar-refractivity contribution in [3.8, 4) is 0 Å². The molecule has 90 valence electrons. The summed E-state index contributed by atoms with van der Waals surface area (Å²) in [6.45, 7) is 11.8. The van der Waals surface area contributed by atoms with Gasteiger partial charge < -0.3 is 5.73 Å². The Morgan fingerprint density at radius 1 is 1.18 bits per heavy atom. The van der Waals surface area contributed by atoms with Crippen LogP contribution in [0.3, 0.4) is 0 Å². The molecule has 0 aliphatic rings. The van der Waals surface area contributed by atoms with Crippen LogP contribution in [-0.2, 0) is 0 Å². The smallest absolute Gasteiger partial charge is 0.116 e. The van der Waals surface area contributed by atoms with Gasteiger partial charge in [-0.15, -0.1) is 0 Å². The van der Waals surface area contributed by atoms with Crippen LogP contribution in [0.2, 0.25) is 0 Å². The van der Waals surface area contributed by atoms with Crippen molar-refractivity contribution in [2.45, 2.75) is 27.7 Å². The van der Waals surface area contributed by atoms with Crippen molar-refractivity contribution in [2.75, 3.05) is 0 Å². The minimum Gasteiger partial charge on any atom is -0.384 e. The molecule has 17 heavy (non-hydrogen) atoms. The second-order valence-electron chi connectivity index (χ2n) is 4.25. The van der Waals surface area contributed by atoms with Gasteiger partial charge in [0.1, 0.15) is 5.82 Å². The fraction of sp³-hybridized carbons (Fsp3) is 0.267. The lowest BCUT2D eigenvalue weighted by Gasteiger charge is -2.10. The highest BCUT2D eigenvalue weighted by molar-refractivity contribution is 6.04. The zero-order valence-corrected chi connectivity index (χ0v) is 11.0. The monoisotopic (exact) mass is 228 g/mol. The molecule has 0 aliphatic heterocycles. The molecule has 0 saturated heterocycles. The van der Waals surface area contributed by atoms with E-state index in [-0.39, 0.29) is 0 Å². The normalized spacial score (nSPS) is 13.3. The van der Waals surface area contributed by atoms with Crippen LogP contribution in [0.15, 0.2) is 47.2 Å². The highest BCUT2D eigenvalue weighted by Crippen LogP contribution is 2.22. The van der Waals surface area contributed by atoms with Gasteiger partial charge in [-0.05, 0) is 50.0 Å². The van der Waals surface area contributed by atoms with Gasteiger partial charge in [0.2, 0.25) is 0 Å². The Bertz CT molecular complexity index is 493. The number of nitrogens with zero attached hydrogens (tertiary/aromatic N) is 1. The Balaban J connectivity index is 3.23. The van der Waals surface area contributed by atoms with Crippen molar-refractivity contribution in [2.24, 2.45) is 10.7 Å². The van der Waals surface area contributed by atoms with Crippen LogP contribution in [0.1, 0.15) is 31.9 Å². The molecule has 0 bridgehead atoms. The second-order valence-corrected chi connectivity index (χ2v) is 4.25. The molecule has 2 N–H and O–H groups in total. The molecule has 2 heteroatoms. The zero-order chi connectivity index (χ0) is 13.0. The Kier molecular flexibility index (Phi) is 4.27. The van der Waals surface area contributed by atoms with E-state index in [1.807, 2.05) is 19.1 Å². The quantitative estimate of drug-likeness (QED) is 0.787. The maximum atomic E-state index is 5.50. The van der Waals surface area contributed by atoms with Crippen LogP contribution < -0.4 is 5.73 Å². The van der Waals surface area contributed by atoms with E-state index < -0.39 is 0 Å². The van der Waals surface area contributed by atoms with Gasteiger partial charge in [0.25, 0.3) is 0 Å². The van der Waals surface area contributed by atoms with Gasteiger partial charge in [-0.3, -0.25) is 0 Å². The van der Waals surface area contributed by atoms with Gasteiger partial charge in [0.05, 0.1) is 0 Å². The predicted octanol–water partition coefficient (Wildman–Crippen LogP) is 3.68. The molecule has 1 aromatic rings. The first-order valence-corrected chi connectivity index (χ1v) is 5.67. The number of hydrogen-bond acceptors (Lipinski definition) is 2. The first-order valence-electron chi connectivity index (χ1n) is 5.67. The average Bonchev–Trinajstić information content (AvgIpc) is 2.27. The van der Waals surface area contributed by atoms with E-state index in [0.717, 1.165) is 11.3 Å². The van der Waals surface area contributed by atoms with Crippen LogP contribution in [0.4, 0.5) is 0 Å². The summed E-state index contributed by atoms with van der Waals surface area (Å²) in [4.78, 5) is 4.20. The van der Waals surface area contributed by atoms with Crippen LogP contribution in [0.5, 0.6) is 0 Å². The molecule has 0 atom stereocenters. The summed E-state index contributed by atoms with van der Waals surface area (Å²) in [5, 5.41) is 0. The summed E-state index contributed by atoms with van der Waals surface area (Å²) < 4.78 is 0. The average molecular weight is 228 g/mol. The maximum absolute atomic E-state index is 5.50. The lowest BCUT2D eigenvalue weighted by Crippen LogP contribution is -2.01. The van der Waals surface area contributed by atoms with E-state index in [9.17, 15) is 0 Å². The molecule has 1 aromatic carbocycles. The Hall–Kier alpha value is -1.83. The molecule has 0 unspecified atom stereocenters. The fourth-order valence-corrected chi connectivity index (χ4v) is 1.77. The van der Waals surface area contributed by atoms with E-state index in [0.29, 0.717) is 5.82 Å². The van der Waals surface area contributed by atoms with E-state index in [1.165, 1.54) is 16.7 Å². The highest BCUT2D eigenvalue weighted by Gasteiger charge is 2.05. The van der Waals surface area contributed by atoms with Crippen LogP contribution >= 0.6 is 0 Å². The van der Waals surface area contributed by atoms with E-state index in [2.05, 4.69) is 44.5 Å². The molecule has 0 aromatic heterocycles. The van der Waals surface area contributed by atoms with Crippen LogP contribution in [-0.4, -0.2) is 5.71 Å². The molecule has 0 radical (unpaired) electrons. The van der Waals surface area contributed by atoms with Crippen molar-refractivity contribution in [3.05, 3.63) is 53.4 Å². The van der Waals surface area contributed by atoms with Gasteiger partial charge in [0, 0.05) is 5.71 Å². The number of allylic oxidation sites excluding steroid dienone is 2. The lowest BCUT2D eigenvalue weighted by molar-refractivity contribution is 1.25. The Morgan fingerprint density at radius 2 is 1.76 bits per heavy atom. The molecule has 0 aliphatic carbocycles. The maximum Gasteiger partial charge on any atom is 0.116 e. The van der Waals surface area contributed by atoms with Crippen molar-refractivity contribution in [3.63, 3.8) is 0 Å². The van der Waals surface area contributed by atoms with E-state index >= 15 is 0 Å². The van der Waals surface area contributed by atoms with Gasteiger partial charge in [-0.1, -0.05) is 30.8 Å². The lowest BCUT2D eigenvalue weighted by atomic mass is 9.96. The molecule has 0 saturated carbocycles. The largest absolute Gasteiger partial charge is 0.384 e. The number of rotatable bonds is 3. The second kappa shape index (κ2) is 5.48. The number of aliphatic imine (C=N–C) groups is 1. The summed E-state index contributed by atoms with van der Waals surface area (Å²) in [6, 6.07) is 8.33. The van der Waals surface area contributed by atoms with Gasteiger partial charge in [-0.25, -0.2) is 4.99 Å². The third kappa shape index (κ3) is 3.31. The topological polar surface area (TPSA) is 38.4 Å². The van der Waals surface area contributed by atoms with Crippen molar-refractivity contribution in [1.82, 2.24) is 0 Å². The summed E-state index contributed by atoms with van der Waals surface area (Å²) in [5.74, 6) is 0.347. The van der Waals surface area contributed by atoms with Crippen molar-refractivity contribution >= 4 is 11.3 Å². The number of benzene rings is 1. The SMILES string of the molecule is C=C(N)/N=C(C)\C(C)=C(/C)c1ccccc1C. The third-order valence-electron chi connectivity index (χ3n) is 2.97. The number of hydrogen-bond donors (Lipinski definition) is 1. The summed E-state index contributed by atoms with van der Waals surface area (Å²) in [5.41, 5.74) is 11.3. The summed E-state index contributed by atoms with van der Waals surface area (Å²) >= 11 is 0. The molecule has 0 spiro atoms. The molecule has 0 amide bonds. The minimum atomic E-state index is 0.347. The zero-order valence-electron chi connectivity index (χ0n) is 11.0. The van der Waals surface area contributed by atoms with Crippen molar-refractivity contribution < 1.29 is 0 Å². The Morgan fingerprint density at radius 3 is 2.29 bits per heavy atom. The minimum absolute atomic E-state index is 0.347. The van der Waals surface area contributed by atoms with Gasteiger partial charge >= 0.3 is 0 Å². The molecular formula is C15H20N2. The summed E-state index contributed by atoms with van der Waals surface area (Å²) in [7, 11) is 0. The van der Waals surface area contributed by atoms with Crippen molar-refractivity contribution in [1.29, 1.82) is 0 Å². The van der Waals surface area contributed by atoms with Crippen LogP contribution in [0, 0.1) is 6.92 Å². The predicted molar refractivity (Wildman–Crippen MR) is 75.9 cm³/mol. The molecule has 0 fully saturated rings. The highest BCUT2D eigenvalue weighted by atomic mass is 14.9. The third-order valence-corrected chi connectivity index (χ3v) is 2.97. The first-order chi connectivity index (χ1) is 7.93. The standard InChI is InChI=1S/C15H20N2/c1-10-8-6-7-9-15(10)12(3)11(2)13(4)17-14(5)16/h6-9H,5,16H2,1-4H3/b12-11+,17-13-.